The summed E-state index contributed by atoms with van der Waals surface area (Å²) in [4.78, 5) is 14.2. The van der Waals surface area contributed by atoms with Crippen LogP contribution in [0.5, 0.6) is 0 Å². The number of nitrogens with zero attached hydrogens (tertiary/aromatic N) is 1. The van der Waals surface area contributed by atoms with Crippen molar-refractivity contribution in [1.82, 2.24) is 4.90 Å². The van der Waals surface area contributed by atoms with Gasteiger partial charge in [0.15, 0.2) is 0 Å². The summed E-state index contributed by atoms with van der Waals surface area (Å²) in [6, 6.07) is 22.2. The molecule has 33 heavy (non-hydrogen) atoms. The molecule has 1 heterocycles. The van der Waals surface area contributed by atoms with Crippen LogP contribution in [0, 0.1) is 0 Å². The Kier molecular flexibility index (Phi) is 9.30. The molecule has 1 aliphatic heterocycles. The maximum atomic E-state index is 11.6. The molecule has 0 spiro atoms. The van der Waals surface area contributed by atoms with Gasteiger partial charge in [0.2, 0.25) is 0 Å². The van der Waals surface area contributed by atoms with E-state index in [2.05, 4.69) is 86.3 Å². The van der Waals surface area contributed by atoms with Crippen LogP contribution in [-0.4, -0.2) is 51.5 Å². The number of carbonyl (C=O) groups excluding carboxylic acids is 1. The average molecular weight is 468 g/mol. The number of esters is 1. The SMILES string of the molecule is CCOC(=O)CCCCN1CCC[C@H]1CO[Si](c1ccccc1)(c1ccccc1)C(C)(C)C. The maximum Gasteiger partial charge on any atom is 0.305 e. The van der Waals surface area contributed by atoms with E-state index in [0.717, 1.165) is 32.5 Å². The number of likely N-dealkylation sites (tertiary alicyclic amines) is 1. The van der Waals surface area contributed by atoms with Gasteiger partial charge in [0.25, 0.3) is 8.32 Å². The first-order valence-corrected chi connectivity index (χ1v) is 14.4. The van der Waals surface area contributed by atoms with Gasteiger partial charge in [-0.1, -0.05) is 81.4 Å². The average Bonchev–Trinajstić information content (AvgIpc) is 3.25. The van der Waals surface area contributed by atoms with E-state index in [0.29, 0.717) is 19.1 Å². The lowest BCUT2D eigenvalue weighted by Crippen LogP contribution is -2.67. The molecule has 0 unspecified atom stereocenters. The monoisotopic (exact) mass is 467 g/mol. The Labute approximate surface area is 201 Å². The van der Waals surface area contributed by atoms with Crippen molar-refractivity contribution in [3.8, 4) is 0 Å². The number of carbonyl (C=O) groups is 1. The Balaban J connectivity index is 1.74. The summed E-state index contributed by atoms with van der Waals surface area (Å²) < 4.78 is 12.2. The standard InChI is InChI=1S/C28H41NO3Si/c1-5-31-27(30)20-12-13-21-29-22-14-15-24(29)23-32-33(28(2,3)4,25-16-8-6-9-17-25)26-18-10-7-11-19-26/h6-11,16-19,24H,5,12-15,20-23H2,1-4H3/t24-/m0/s1. The molecule has 0 aliphatic carbocycles. The van der Waals surface area contributed by atoms with E-state index in [-0.39, 0.29) is 11.0 Å². The number of unbranched alkanes of at least 4 members (excludes halogenated alkanes) is 1. The van der Waals surface area contributed by atoms with Crippen molar-refractivity contribution in [3.05, 3.63) is 60.7 Å². The minimum atomic E-state index is -2.50. The van der Waals surface area contributed by atoms with Crippen molar-refractivity contribution in [3.63, 3.8) is 0 Å². The van der Waals surface area contributed by atoms with Gasteiger partial charge in [0.05, 0.1) is 13.2 Å². The molecule has 2 aromatic carbocycles. The van der Waals surface area contributed by atoms with Crippen molar-refractivity contribution >= 4 is 24.7 Å². The largest absolute Gasteiger partial charge is 0.466 e. The van der Waals surface area contributed by atoms with Gasteiger partial charge < -0.3 is 9.16 Å². The summed E-state index contributed by atoms with van der Waals surface area (Å²) in [5, 5.41) is 2.67. The summed E-state index contributed by atoms with van der Waals surface area (Å²) in [6.07, 6.45) is 4.82. The topological polar surface area (TPSA) is 38.8 Å². The predicted molar refractivity (Wildman–Crippen MR) is 139 cm³/mol. The Morgan fingerprint density at radius 3 is 2.15 bits per heavy atom. The third-order valence-electron chi connectivity index (χ3n) is 6.79. The normalized spacial score (nSPS) is 17.3. The summed E-state index contributed by atoms with van der Waals surface area (Å²) in [7, 11) is -2.50. The van der Waals surface area contributed by atoms with Crippen molar-refractivity contribution < 1.29 is 14.0 Å². The summed E-state index contributed by atoms with van der Waals surface area (Å²) >= 11 is 0. The van der Waals surface area contributed by atoms with E-state index in [9.17, 15) is 4.79 Å². The number of benzene rings is 2. The number of hydrogen-bond donors (Lipinski definition) is 0. The van der Waals surface area contributed by atoms with E-state index in [1.807, 2.05) is 6.92 Å². The smallest absolute Gasteiger partial charge is 0.305 e. The first kappa shape index (κ1) is 25.7. The van der Waals surface area contributed by atoms with Gasteiger partial charge >= 0.3 is 5.97 Å². The predicted octanol–water partition coefficient (Wildman–Crippen LogP) is 4.76. The van der Waals surface area contributed by atoms with Crippen LogP contribution in [0.1, 0.15) is 59.8 Å². The zero-order chi connectivity index (χ0) is 23.7. The van der Waals surface area contributed by atoms with Crippen LogP contribution in [0.3, 0.4) is 0 Å². The second-order valence-electron chi connectivity index (χ2n) is 10.1. The van der Waals surface area contributed by atoms with Crippen LogP contribution in [-0.2, 0) is 14.0 Å². The molecule has 0 amide bonds. The second kappa shape index (κ2) is 12.0. The number of hydrogen-bond acceptors (Lipinski definition) is 4. The Bertz CT molecular complexity index is 811. The molecule has 0 aromatic heterocycles. The fraction of sp³-hybridized carbons (Fsp3) is 0.536. The highest BCUT2D eigenvalue weighted by Crippen LogP contribution is 2.37. The zero-order valence-corrected chi connectivity index (χ0v) is 21.9. The van der Waals surface area contributed by atoms with Crippen LogP contribution in [0.4, 0.5) is 0 Å². The maximum absolute atomic E-state index is 11.6. The molecule has 1 saturated heterocycles. The molecule has 3 rings (SSSR count). The molecular weight excluding hydrogens is 426 g/mol. The molecule has 5 heteroatoms. The molecule has 180 valence electrons. The van der Waals surface area contributed by atoms with Crippen molar-refractivity contribution in [2.24, 2.45) is 0 Å². The third-order valence-corrected chi connectivity index (χ3v) is 11.8. The van der Waals surface area contributed by atoms with Crippen molar-refractivity contribution in [1.29, 1.82) is 0 Å². The Morgan fingerprint density at radius 2 is 1.61 bits per heavy atom. The molecular formula is C28H41NO3Si. The van der Waals surface area contributed by atoms with E-state index in [1.54, 1.807) is 0 Å². The van der Waals surface area contributed by atoms with Gasteiger partial charge in [0, 0.05) is 12.5 Å². The molecule has 4 nitrogen and oxygen atoms in total. The van der Waals surface area contributed by atoms with Crippen LogP contribution in [0.2, 0.25) is 5.04 Å². The third kappa shape index (κ3) is 6.34. The molecule has 0 N–H and O–H groups in total. The minimum absolute atomic E-state index is 0.00121. The fourth-order valence-electron chi connectivity index (χ4n) is 5.18. The Hall–Kier alpha value is -1.95. The molecule has 0 bridgehead atoms. The molecule has 1 atom stereocenters. The minimum Gasteiger partial charge on any atom is -0.466 e. The van der Waals surface area contributed by atoms with Crippen LogP contribution in [0.15, 0.2) is 60.7 Å². The first-order chi connectivity index (χ1) is 15.9. The highest BCUT2D eigenvalue weighted by atomic mass is 28.4. The van der Waals surface area contributed by atoms with Crippen LogP contribution >= 0.6 is 0 Å². The lowest BCUT2D eigenvalue weighted by atomic mass is 10.2. The van der Waals surface area contributed by atoms with Gasteiger partial charge in [-0.3, -0.25) is 9.69 Å². The van der Waals surface area contributed by atoms with E-state index >= 15 is 0 Å². The van der Waals surface area contributed by atoms with Gasteiger partial charge in [0.1, 0.15) is 0 Å². The van der Waals surface area contributed by atoms with Gasteiger partial charge in [-0.15, -0.1) is 0 Å². The summed E-state index contributed by atoms with van der Waals surface area (Å²) in [5.41, 5.74) is 0. The van der Waals surface area contributed by atoms with Crippen LogP contribution < -0.4 is 10.4 Å². The van der Waals surface area contributed by atoms with Crippen LogP contribution in [0.25, 0.3) is 0 Å². The lowest BCUT2D eigenvalue weighted by Gasteiger charge is -2.44. The summed E-state index contributed by atoms with van der Waals surface area (Å²) in [6.45, 7) is 12.2. The lowest BCUT2D eigenvalue weighted by molar-refractivity contribution is -0.143. The molecule has 0 saturated carbocycles. The van der Waals surface area contributed by atoms with Gasteiger partial charge in [-0.05, 0) is 61.1 Å². The summed E-state index contributed by atoms with van der Waals surface area (Å²) in [5.74, 6) is -0.0783. The van der Waals surface area contributed by atoms with Gasteiger partial charge in [-0.25, -0.2) is 0 Å². The zero-order valence-electron chi connectivity index (χ0n) is 20.9. The molecule has 2 aromatic rings. The van der Waals surface area contributed by atoms with E-state index < -0.39 is 8.32 Å². The molecule has 1 fully saturated rings. The second-order valence-corrected chi connectivity index (χ2v) is 14.4. The Morgan fingerprint density at radius 1 is 1.00 bits per heavy atom. The quantitative estimate of drug-likeness (QED) is 0.271. The fourth-order valence-corrected chi connectivity index (χ4v) is 9.78. The van der Waals surface area contributed by atoms with Crippen molar-refractivity contribution in [2.75, 3.05) is 26.3 Å². The van der Waals surface area contributed by atoms with E-state index in [1.165, 1.54) is 23.2 Å². The van der Waals surface area contributed by atoms with Gasteiger partial charge in [-0.2, -0.15) is 0 Å². The molecule has 0 radical (unpaired) electrons. The van der Waals surface area contributed by atoms with Crippen molar-refractivity contribution in [2.45, 2.75) is 70.9 Å². The van der Waals surface area contributed by atoms with E-state index in [4.69, 9.17) is 9.16 Å². The first-order valence-electron chi connectivity index (χ1n) is 12.5. The number of ether oxygens (including phenoxy) is 1. The molecule has 1 aliphatic rings. The highest BCUT2D eigenvalue weighted by Gasteiger charge is 2.50. The number of rotatable bonds is 11. The highest BCUT2D eigenvalue weighted by molar-refractivity contribution is 6.99.